The Hall–Kier alpha value is -1.96. The molecule has 0 amide bonds. The van der Waals surface area contributed by atoms with E-state index in [1.807, 2.05) is 24.3 Å². The molecule has 0 aliphatic carbocycles. The molecule has 2 nitrogen and oxygen atoms in total. The molecule has 0 N–H and O–H groups in total. The molecule has 0 spiro atoms. The van der Waals surface area contributed by atoms with E-state index < -0.39 is 0 Å². The van der Waals surface area contributed by atoms with Crippen molar-refractivity contribution in [1.82, 2.24) is 4.98 Å². The summed E-state index contributed by atoms with van der Waals surface area (Å²) in [6, 6.07) is 5.69. The minimum absolute atomic E-state index is 0.778. The van der Waals surface area contributed by atoms with E-state index in [0.29, 0.717) is 0 Å². The van der Waals surface area contributed by atoms with Crippen LogP contribution in [0.5, 0.6) is 0 Å². The Morgan fingerprint density at radius 1 is 1.29 bits per heavy atom. The van der Waals surface area contributed by atoms with Gasteiger partial charge in [0.15, 0.2) is 0 Å². The second-order valence-electron chi connectivity index (χ2n) is 2.52. The van der Waals surface area contributed by atoms with Crippen molar-refractivity contribution >= 4 is 11.9 Å². The van der Waals surface area contributed by atoms with Crippen molar-refractivity contribution in [3.05, 3.63) is 61.5 Å². The quantitative estimate of drug-likeness (QED) is 0.521. The molecule has 2 heteroatoms. The molecule has 0 saturated heterocycles. The lowest BCUT2D eigenvalue weighted by molar-refractivity contribution is 1.26. The minimum atomic E-state index is 0.778. The number of hydrogen-bond acceptors (Lipinski definition) is 2. The summed E-state index contributed by atoms with van der Waals surface area (Å²) in [5, 5.41) is 0. The maximum absolute atomic E-state index is 4.19. The number of aliphatic imine (C=N–C) groups is 1. The van der Waals surface area contributed by atoms with Crippen molar-refractivity contribution in [1.29, 1.82) is 0 Å². The highest BCUT2D eigenvalue weighted by Crippen LogP contribution is 2.11. The first-order valence-corrected chi connectivity index (χ1v) is 4.27. The van der Waals surface area contributed by atoms with Crippen LogP contribution in [-0.4, -0.2) is 11.2 Å². The molecule has 0 atom stereocenters. The molecule has 0 aliphatic rings. The van der Waals surface area contributed by atoms with Crippen LogP contribution in [0, 0.1) is 0 Å². The predicted octanol–water partition coefficient (Wildman–Crippen LogP) is 2.87. The third-order valence-corrected chi connectivity index (χ3v) is 1.52. The van der Waals surface area contributed by atoms with Crippen LogP contribution in [0.4, 0.5) is 0 Å². The van der Waals surface area contributed by atoms with Gasteiger partial charge < -0.3 is 0 Å². The van der Waals surface area contributed by atoms with E-state index >= 15 is 0 Å². The zero-order valence-corrected chi connectivity index (χ0v) is 7.93. The zero-order chi connectivity index (χ0) is 10.2. The second-order valence-corrected chi connectivity index (χ2v) is 2.52. The molecule has 1 heterocycles. The lowest BCUT2D eigenvalue weighted by Crippen LogP contribution is -1.85. The molecule has 14 heavy (non-hydrogen) atoms. The van der Waals surface area contributed by atoms with Crippen LogP contribution in [0.3, 0.4) is 0 Å². The van der Waals surface area contributed by atoms with Gasteiger partial charge in [-0.15, -0.1) is 0 Å². The molecule has 0 fully saturated rings. The number of pyridine rings is 1. The Bertz CT molecular complexity index is 361. The van der Waals surface area contributed by atoms with E-state index in [-0.39, 0.29) is 0 Å². The van der Waals surface area contributed by atoms with Gasteiger partial charge in [0.1, 0.15) is 0 Å². The van der Waals surface area contributed by atoms with Crippen molar-refractivity contribution in [3.8, 4) is 0 Å². The molecule has 0 aliphatic heterocycles. The molecule has 70 valence electrons. The number of allylic oxidation sites excluding steroid dienone is 3. The zero-order valence-electron chi connectivity index (χ0n) is 7.93. The molecule has 0 unspecified atom stereocenters. The number of nitrogens with zero attached hydrogens (tertiary/aromatic N) is 2. The molecular weight excluding hydrogens is 172 g/mol. The van der Waals surface area contributed by atoms with Gasteiger partial charge in [0, 0.05) is 12.4 Å². The summed E-state index contributed by atoms with van der Waals surface area (Å²) in [7, 11) is 0. The smallest absolute Gasteiger partial charge is 0.0886 e. The molecule has 1 aromatic rings. The molecule has 0 aromatic carbocycles. The topological polar surface area (TPSA) is 25.2 Å². The maximum atomic E-state index is 4.19. The minimum Gasteiger partial charge on any atom is -0.255 e. The lowest BCUT2D eigenvalue weighted by Gasteiger charge is -1.98. The number of aromatic nitrogens is 1. The largest absolute Gasteiger partial charge is 0.255 e. The lowest BCUT2D eigenvalue weighted by atomic mass is 10.2. The van der Waals surface area contributed by atoms with Gasteiger partial charge in [-0.25, -0.2) is 0 Å². The second kappa shape index (κ2) is 5.65. The van der Waals surface area contributed by atoms with Crippen molar-refractivity contribution in [2.45, 2.75) is 0 Å². The van der Waals surface area contributed by atoms with Gasteiger partial charge in [-0.2, -0.15) is 0 Å². The highest BCUT2D eigenvalue weighted by molar-refractivity contribution is 5.79. The summed E-state index contributed by atoms with van der Waals surface area (Å²) >= 11 is 0. The third-order valence-electron chi connectivity index (χ3n) is 1.52. The fourth-order valence-electron chi connectivity index (χ4n) is 0.953. The van der Waals surface area contributed by atoms with Crippen molar-refractivity contribution in [2.75, 3.05) is 0 Å². The van der Waals surface area contributed by atoms with Gasteiger partial charge in [-0.1, -0.05) is 31.4 Å². The standard InChI is InChI=1S/C12H12N2/c1-3-7-11(13-9-4-2)12-8-5-6-10-14-12/h3-10H,1-2H2/b11-7-,13-9?. The van der Waals surface area contributed by atoms with Crippen LogP contribution in [0.1, 0.15) is 5.69 Å². The number of hydrogen-bond donors (Lipinski definition) is 0. The summed E-state index contributed by atoms with van der Waals surface area (Å²) < 4.78 is 0. The molecule has 0 radical (unpaired) electrons. The van der Waals surface area contributed by atoms with Crippen LogP contribution >= 0.6 is 0 Å². The molecule has 0 saturated carbocycles. The summed E-state index contributed by atoms with van der Waals surface area (Å²) in [6.07, 6.45) is 8.48. The fraction of sp³-hybridized carbons (Fsp3) is 0. The fourth-order valence-corrected chi connectivity index (χ4v) is 0.953. The van der Waals surface area contributed by atoms with E-state index in [1.165, 1.54) is 0 Å². The van der Waals surface area contributed by atoms with Crippen LogP contribution in [0.15, 0.2) is 60.8 Å². The first-order valence-electron chi connectivity index (χ1n) is 4.27. The van der Waals surface area contributed by atoms with Gasteiger partial charge >= 0.3 is 0 Å². The van der Waals surface area contributed by atoms with E-state index in [4.69, 9.17) is 0 Å². The Morgan fingerprint density at radius 3 is 2.71 bits per heavy atom. The van der Waals surface area contributed by atoms with Gasteiger partial charge in [-0.3, -0.25) is 9.98 Å². The van der Waals surface area contributed by atoms with Crippen molar-refractivity contribution in [3.63, 3.8) is 0 Å². The van der Waals surface area contributed by atoms with Gasteiger partial charge in [0.05, 0.1) is 11.4 Å². The maximum Gasteiger partial charge on any atom is 0.0886 e. The van der Waals surface area contributed by atoms with Crippen molar-refractivity contribution < 1.29 is 0 Å². The monoisotopic (exact) mass is 184 g/mol. The Balaban J connectivity index is 3.01. The van der Waals surface area contributed by atoms with Gasteiger partial charge in [0.2, 0.25) is 0 Å². The SMILES string of the molecule is C=CC=N/C(=C\C=C)c1ccccn1. The van der Waals surface area contributed by atoms with E-state index in [1.54, 1.807) is 24.6 Å². The van der Waals surface area contributed by atoms with E-state index in [9.17, 15) is 0 Å². The molecule has 1 rings (SSSR count). The summed E-state index contributed by atoms with van der Waals surface area (Å²) in [5.74, 6) is 0. The summed E-state index contributed by atoms with van der Waals surface area (Å²) in [5.41, 5.74) is 1.60. The average molecular weight is 184 g/mol. The molecule has 1 aromatic heterocycles. The number of rotatable bonds is 4. The summed E-state index contributed by atoms with van der Waals surface area (Å²) in [4.78, 5) is 8.37. The summed E-state index contributed by atoms with van der Waals surface area (Å²) in [6.45, 7) is 7.19. The van der Waals surface area contributed by atoms with Crippen LogP contribution in [0.2, 0.25) is 0 Å². The molecule has 0 bridgehead atoms. The van der Waals surface area contributed by atoms with Gasteiger partial charge in [0.25, 0.3) is 0 Å². The highest BCUT2D eigenvalue weighted by atomic mass is 14.8. The first kappa shape index (κ1) is 10.1. The third kappa shape index (κ3) is 2.83. The Kier molecular flexibility index (Phi) is 4.08. The van der Waals surface area contributed by atoms with Crippen molar-refractivity contribution in [2.24, 2.45) is 4.99 Å². The van der Waals surface area contributed by atoms with Crippen LogP contribution in [-0.2, 0) is 0 Å². The van der Waals surface area contributed by atoms with E-state index in [0.717, 1.165) is 11.4 Å². The Labute approximate surface area is 84.0 Å². The van der Waals surface area contributed by atoms with E-state index in [2.05, 4.69) is 23.1 Å². The van der Waals surface area contributed by atoms with Gasteiger partial charge in [-0.05, 0) is 18.2 Å². The molecular formula is C12H12N2. The normalized spacial score (nSPS) is 11.6. The average Bonchev–Trinajstić information content (AvgIpc) is 2.25. The Morgan fingerprint density at radius 2 is 2.14 bits per heavy atom. The van der Waals surface area contributed by atoms with Crippen LogP contribution < -0.4 is 0 Å². The first-order chi connectivity index (χ1) is 6.88. The predicted molar refractivity (Wildman–Crippen MR) is 61.1 cm³/mol. The highest BCUT2D eigenvalue weighted by Gasteiger charge is 1.96. The van der Waals surface area contributed by atoms with Crippen LogP contribution in [0.25, 0.3) is 5.70 Å².